The predicted molar refractivity (Wildman–Crippen MR) is 112 cm³/mol. The molecular weight excluding hydrogens is 425 g/mol. The number of alkyl halides is 3. The zero-order chi connectivity index (χ0) is 22.0. The molecule has 2 aromatic carbocycles. The summed E-state index contributed by atoms with van der Waals surface area (Å²) in [5.74, 6) is -0.573. The van der Waals surface area contributed by atoms with Gasteiger partial charge in [0.15, 0.2) is 5.70 Å². The third-order valence-electron chi connectivity index (χ3n) is 4.40. The number of rotatable bonds is 4. The summed E-state index contributed by atoms with van der Waals surface area (Å²) in [6, 6.07) is 15.8. The van der Waals surface area contributed by atoms with Gasteiger partial charge in [0, 0.05) is 11.1 Å². The number of aliphatic imine (C=N–C) groups is 1. The predicted octanol–water partition coefficient (Wildman–Crippen LogP) is 5.90. The van der Waals surface area contributed by atoms with Crippen LogP contribution in [0, 0.1) is 6.92 Å². The van der Waals surface area contributed by atoms with Crippen LogP contribution >= 0.6 is 11.8 Å². The molecule has 0 bridgehead atoms. The molecule has 1 aromatic heterocycles. The number of aromatic nitrogens is 1. The Kier molecular flexibility index (Phi) is 5.65. The fraction of sp³-hybridized carbons (Fsp3) is 0.0870. The van der Waals surface area contributed by atoms with Crippen molar-refractivity contribution in [3.63, 3.8) is 0 Å². The lowest BCUT2D eigenvalue weighted by atomic mass is 10.1. The summed E-state index contributed by atoms with van der Waals surface area (Å²) in [5.41, 5.74) is 1.34. The van der Waals surface area contributed by atoms with Gasteiger partial charge in [0.05, 0.1) is 11.1 Å². The van der Waals surface area contributed by atoms with Crippen LogP contribution in [0.2, 0.25) is 0 Å². The molecule has 3 aromatic rings. The molecule has 0 saturated carbocycles. The maximum Gasteiger partial charge on any atom is 0.416 e. The largest absolute Gasteiger partial charge is 0.416 e. The molecule has 0 radical (unpaired) electrons. The Morgan fingerprint density at radius 1 is 1.00 bits per heavy atom. The summed E-state index contributed by atoms with van der Waals surface area (Å²) in [5, 5.41) is 0.619. The van der Waals surface area contributed by atoms with E-state index in [0.717, 1.165) is 22.6 Å². The Labute approximate surface area is 180 Å². The van der Waals surface area contributed by atoms with Crippen molar-refractivity contribution in [1.82, 2.24) is 4.98 Å². The number of nitrogens with zero attached hydrogens (tertiary/aromatic N) is 2. The van der Waals surface area contributed by atoms with Crippen molar-refractivity contribution in [1.29, 1.82) is 0 Å². The van der Waals surface area contributed by atoms with E-state index in [1.807, 2.05) is 31.2 Å². The van der Waals surface area contributed by atoms with Crippen molar-refractivity contribution in [3.05, 3.63) is 94.8 Å². The van der Waals surface area contributed by atoms with Gasteiger partial charge in [-0.25, -0.2) is 14.8 Å². The first-order valence-corrected chi connectivity index (χ1v) is 10.0. The maximum absolute atomic E-state index is 12.7. The molecule has 31 heavy (non-hydrogen) atoms. The van der Waals surface area contributed by atoms with Gasteiger partial charge in [-0.3, -0.25) is 0 Å². The van der Waals surface area contributed by atoms with Gasteiger partial charge in [-0.2, -0.15) is 13.2 Å². The minimum atomic E-state index is -4.42. The average molecular weight is 440 g/mol. The van der Waals surface area contributed by atoms with Crippen molar-refractivity contribution in [2.45, 2.75) is 23.0 Å². The minimum absolute atomic E-state index is 0.00453. The number of pyridine rings is 1. The van der Waals surface area contributed by atoms with Gasteiger partial charge in [-0.05, 0) is 55.0 Å². The van der Waals surface area contributed by atoms with E-state index in [-0.39, 0.29) is 11.6 Å². The van der Waals surface area contributed by atoms with Gasteiger partial charge in [0.1, 0.15) is 5.03 Å². The lowest BCUT2D eigenvalue weighted by Crippen LogP contribution is -2.07. The molecule has 0 aliphatic carbocycles. The van der Waals surface area contributed by atoms with Gasteiger partial charge >= 0.3 is 12.1 Å². The summed E-state index contributed by atoms with van der Waals surface area (Å²) < 4.78 is 43.5. The van der Waals surface area contributed by atoms with Gasteiger partial charge in [0.25, 0.3) is 0 Å². The van der Waals surface area contributed by atoms with Gasteiger partial charge < -0.3 is 4.74 Å². The number of carbonyl (C=O) groups is 1. The molecule has 2 heterocycles. The van der Waals surface area contributed by atoms with Crippen molar-refractivity contribution < 1.29 is 22.7 Å². The molecule has 4 rings (SSSR count). The molecular formula is C23H15F3N2O2S. The number of esters is 1. The third-order valence-corrected chi connectivity index (χ3v) is 5.43. The monoisotopic (exact) mass is 440 g/mol. The molecule has 4 nitrogen and oxygen atoms in total. The van der Waals surface area contributed by atoms with E-state index in [1.54, 1.807) is 18.3 Å². The van der Waals surface area contributed by atoms with Crippen molar-refractivity contribution in [2.24, 2.45) is 4.99 Å². The molecule has 0 spiro atoms. The Morgan fingerprint density at radius 3 is 2.39 bits per heavy atom. The van der Waals surface area contributed by atoms with E-state index < -0.39 is 17.7 Å². The highest BCUT2D eigenvalue weighted by molar-refractivity contribution is 7.99. The Bertz CT molecular complexity index is 1180. The SMILES string of the molecule is Cc1ccc(Sc2ncccc2C2=NC(=Cc3ccc(C(F)(F)F)cc3)C(=O)O2)cc1. The van der Waals surface area contributed by atoms with E-state index in [4.69, 9.17) is 4.74 Å². The van der Waals surface area contributed by atoms with Gasteiger partial charge in [-0.1, -0.05) is 41.6 Å². The summed E-state index contributed by atoms with van der Waals surface area (Å²) >= 11 is 1.41. The fourth-order valence-electron chi connectivity index (χ4n) is 2.80. The van der Waals surface area contributed by atoms with Crippen molar-refractivity contribution in [3.8, 4) is 0 Å². The zero-order valence-corrected chi connectivity index (χ0v) is 17.0. The van der Waals surface area contributed by atoms with Crippen molar-refractivity contribution in [2.75, 3.05) is 0 Å². The molecule has 1 aliphatic rings. The third kappa shape index (κ3) is 4.86. The van der Waals surface area contributed by atoms with Crippen LogP contribution in [0.3, 0.4) is 0 Å². The molecule has 1 aliphatic heterocycles. The smallest absolute Gasteiger partial charge is 0.402 e. The van der Waals surface area contributed by atoms with Crippen LogP contribution < -0.4 is 0 Å². The lowest BCUT2D eigenvalue weighted by Gasteiger charge is -2.07. The van der Waals surface area contributed by atoms with Crippen molar-refractivity contribution >= 4 is 29.7 Å². The van der Waals surface area contributed by atoms with Gasteiger partial charge in [0.2, 0.25) is 5.90 Å². The second-order valence-corrected chi connectivity index (χ2v) is 7.79. The Hall–Kier alpha value is -3.39. The number of aryl methyl sites for hydroxylation is 1. The first kappa shape index (κ1) is 20.9. The van der Waals surface area contributed by atoms with E-state index in [1.165, 1.54) is 30.0 Å². The minimum Gasteiger partial charge on any atom is -0.402 e. The first-order chi connectivity index (χ1) is 14.8. The molecule has 0 fully saturated rings. The number of hydrogen-bond donors (Lipinski definition) is 0. The molecule has 0 atom stereocenters. The summed E-state index contributed by atoms with van der Waals surface area (Å²) in [6.45, 7) is 2.00. The molecule has 156 valence electrons. The van der Waals surface area contributed by atoms with E-state index >= 15 is 0 Å². The van der Waals surface area contributed by atoms with Crippen LogP contribution in [0.1, 0.15) is 22.3 Å². The quantitative estimate of drug-likeness (QED) is 0.374. The van der Waals surface area contributed by atoms with Crippen LogP contribution in [0.15, 0.2) is 87.5 Å². The van der Waals surface area contributed by atoms with Crippen LogP contribution in [-0.2, 0) is 15.7 Å². The fourth-order valence-corrected chi connectivity index (χ4v) is 3.68. The highest BCUT2D eigenvalue weighted by Gasteiger charge is 2.30. The zero-order valence-electron chi connectivity index (χ0n) is 16.2. The number of benzene rings is 2. The van der Waals surface area contributed by atoms with Crippen LogP contribution in [0.5, 0.6) is 0 Å². The lowest BCUT2D eigenvalue weighted by molar-refractivity contribution is -0.137. The highest BCUT2D eigenvalue weighted by Crippen LogP contribution is 2.32. The first-order valence-electron chi connectivity index (χ1n) is 9.19. The molecule has 0 unspecified atom stereocenters. The van der Waals surface area contributed by atoms with E-state index in [0.29, 0.717) is 16.2 Å². The van der Waals surface area contributed by atoms with E-state index in [2.05, 4.69) is 9.98 Å². The number of cyclic esters (lactones) is 1. The van der Waals surface area contributed by atoms with Gasteiger partial charge in [-0.15, -0.1) is 0 Å². The van der Waals surface area contributed by atoms with E-state index in [9.17, 15) is 18.0 Å². The average Bonchev–Trinajstić information content (AvgIpc) is 3.10. The molecule has 0 saturated heterocycles. The summed E-state index contributed by atoms with van der Waals surface area (Å²) in [4.78, 5) is 21.9. The standard InChI is InChI=1S/C23H15F3N2O2S/c1-14-4-10-17(11-5-14)31-21-18(3-2-12-27-21)20-28-19(22(29)30-20)13-15-6-8-16(9-7-15)23(24,25)26/h2-13H,1H3. The number of hydrogen-bond acceptors (Lipinski definition) is 5. The maximum atomic E-state index is 12.7. The molecule has 0 amide bonds. The van der Waals surface area contributed by atoms with Crippen LogP contribution in [-0.4, -0.2) is 16.9 Å². The Morgan fingerprint density at radius 2 is 1.71 bits per heavy atom. The summed E-state index contributed by atoms with van der Waals surface area (Å²) in [6.07, 6.45) is -1.40. The number of ether oxygens (including phenoxy) is 1. The van der Waals surface area contributed by atoms with Crippen LogP contribution in [0.4, 0.5) is 13.2 Å². The second kappa shape index (κ2) is 8.39. The highest BCUT2D eigenvalue weighted by atomic mass is 32.2. The number of carbonyl (C=O) groups excluding carboxylic acids is 1. The number of halogens is 3. The normalized spacial score (nSPS) is 15.2. The van der Waals surface area contributed by atoms with Crippen LogP contribution in [0.25, 0.3) is 6.08 Å². The topological polar surface area (TPSA) is 51.5 Å². The summed E-state index contributed by atoms with van der Waals surface area (Å²) in [7, 11) is 0. The molecule has 0 N–H and O–H groups in total. The molecule has 8 heteroatoms. The second-order valence-electron chi connectivity index (χ2n) is 6.73. The Balaban J connectivity index is 1.61.